The maximum atomic E-state index is 12.9. The molecule has 1 amide bonds. The van der Waals surface area contributed by atoms with Crippen LogP contribution in [0.2, 0.25) is 0 Å². The maximum Gasteiger partial charge on any atom is 0.310 e. The zero-order valence-corrected chi connectivity index (χ0v) is 15.2. The number of methoxy groups -OCH3 is 1. The van der Waals surface area contributed by atoms with Gasteiger partial charge in [0.25, 0.3) is 5.91 Å². The Labute approximate surface area is 153 Å². The maximum absolute atomic E-state index is 12.9. The molecule has 2 aromatic rings. The van der Waals surface area contributed by atoms with Crippen molar-refractivity contribution in [2.75, 3.05) is 12.4 Å². The SMILES string of the molecule is COc1ccc(C)cc1NC(=O)[C@H](OC(=O)[C@H]1C[C@H]1C)c1ccccc1. The quantitative estimate of drug-likeness (QED) is 0.801. The summed E-state index contributed by atoms with van der Waals surface area (Å²) in [6, 6.07) is 14.6. The fourth-order valence-electron chi connectivity index (χ4n) is 2.87. The summed E-state index contributed by atoms with van der Waals surface area (Å²) in [6.07, 6.45) is -0.185. The molecular formula is C21H23NO4. The number of rotatable bonds is 6. The van der Waals surface area contributed by atoms with Crippen molar-refractivity contribution in [2.24, 2.45) is 11.8 Å². The van der Waals surface area contributed by atoms with Crippen LogP contribution in [0, 0.1) is 18.8 Å². The Morgan fingerprint density at radius 3 is 2.46 bits per heavy atom. The van der Waals surface area contributed by atoms with Crippen LogP contribution in [-0.2, 0) is 14.3 Å². The van der Waals surface area contributed by atoms with E-state index in [4.69, 9.17) is 9.47 Å². The van der Waals surface area contributed by atoms with Crippen LogP contribution >= 0.6 is 0 Å². The highest BCUT2D eigenvalue weighted by molar-refractivity contribution is 5.97. The van der Waals surface area contributed by atoms with E-state index < -0.39 is 12.0 Å². The van der Waals surface area contributed by atoms with Crippen molar-refractivity contribution in [1.29, 1.82) is 0 Å². The molecule has 1 saturated carbocycles. The van der Waals surface area contributed by atoms with Crippen LogP contribution in [0.25, 0.3) is 0 Å². The third-order valence-corrected chi connectivity index (χ3v) is 4.60. The standard InChI is InChI=1S/C21H23NO4/c1-13-9-10-18(25-3)17(11-13)22-20(23)19(15-7-5-4-6-8-15)26-21(24)16-12-14(16)2/h4-11,14,16,19H,12H2,1-3H3,(H,22,23)/t14-,16+,19-/m1/s1. The first kappa shape index (κ1) is 18.0. The number of hydrogen-bond donors (Lipinski definition) is 1. The number of hydrogen-bond acceptors (Lipinski definition) is 4. The van der Waals surface area contributed by atoms with Crippen molar-refractivity contribution in [1.82, 2.24) is 0 Å². The zero-order chi connectivity index (χ0) is 18.7. The average molecular weight is 353 g/mol. The predicted octanol–water partition coefficient (Wildman–Crippen LogP) is 3.88. The summed E-state index contributed by atoms with van der Waals surface area (Å²) in [7, 11) is 1.55. The number of benzene rings is 2. The van der Waals surface area contributed by atoms with E-state index in [1.54, 1.807) is 25.3 Å². The molecule has 1 aliphatic carbocycles. The molecule has 0 spiro atoms. The van der Waals surface area contributed by atoms with Gasteiger partial charge in [-0.3, -0.25) is 9.59 Å². The molecule has 5 nitrogen and oxygen atoms in total. The summed E-state index contributed by atoms with van der Waals surface area (Å²) in [5.41, 5.74) is 2.17. The van der Waals surface area contributed by atoms with Gasteiger partial charge in [0.15, 0.2) is 0 Å². The van der Waals surface area contributed by atoms with Crippen molar-refractivity contribution < 1.29 is 19.1 Å². The molecule has 3 atom stereocenters. The van der Waals surface area contributed by atoms with Gasteiger partial charge in [-0.05, 0) is 37.0 Å². The van der Waals surface area contributed by atoms with E-state index in [2.05, 4.69) is 5.32 Å². The lowest BCUT2D eigenvalue weighted by Gasteiger charge is -2.19. The molecule has 0 bridgehead atoms. The lowest BCUT2D eigenvalue weighted by molar-refractivity contribution is -0.156. The molecule has 1 aliphatic rings. The topological polar surface area (TPSA) is 64.6 Å². The first-order valence-corrected chi connectivity index (χ1v) is 8.70. The van der Waals surface area contributed by atoms with Gasteiger partial charge in [-0.15, -0.1) is 0 Å². The second kappa shape index (κ2) is 7.60. The van der Waals surface area contributed by atoms with E-state index in [1.165, 1.54) is 0 Å². The number of aryl methyl sites for hydroxylation is 1. The van der Waals surface area contributed by atoms with Crippen molar-refractivity contribution in [3.05, 3.63) is 59.7 Å². The molecule has 3 rings (SSSR count). The van der Waals surface area contributed by atoms with Crippen molar-refractivity contribution >= 4 is 17.6 Å². The summed E-state index contributed by atoms with van der Waals surface area (Å²) < 4.78 is 10.9. The monoisotopic (exact) mass is 353 g/mol. The molecule has 1 fully saturated rings. The molecule has 1 N–H and O–H groups in total. The summed E-state index contributed by atoms with van der Waals surface area (Å²) in [4.78, 5) is 25.2. The van der Waals surface area contributed by atoms with Crippen molar-refractivity contribution in [2.45, 2.75) is 26.4 Å². The van der Waals surface area contributed by atoms with Gasteiger partial charge in [0.05, 0.1) is 18.7 Å². The number of amides is 1. The smallest absolute Gasteiger partial charge is 0.310 e. The molecular weight excluding hydrogens is 330 g/mol. The molecule has 0 heterocycles. The van der Waals surface area contributed by atoms with Crippen LogP contribution in [0.3, 0.4) is 0 Å². The summed E-state index contributed by atoms with van der Waals surface area (Å²) >= 11 is 0. The molecule has 0 saturated heterocycles. The molecule has 5 heteroatoms. The minimum atomic E-state index is -0.998. The van der Waals surface area contributed by atoms with E-state index in [1.807, 2.05) is 44.2 Å². The molecule has 2 aromatic carbocycles. The number of anilines is 1. The van der Waals surface area contributed by atoms with Gasteiger partial charge < -0.3 is 14.8 Å². The predicted molar refractivity (Wildman–Crippen MR) is 98.9 cm³/mol. The fraction of sp³-hybridized carbons (Fsp3) is 0.333. The molecule has 136 valence electrons. The van der Waals surface area contributed by atoms with E-state index in [0.29, 0.717) is 22.9 Å². The van der Waals surface area contributed by atoms with Crippen LogP contribution in [0.15, 0.2) is 48.5 Å². The molecule has 26 heavy (non-hydrogen) atoms. The molecule has 0 unspecified atom stereocenters. The van der Waals surface area contributed by atoms with Crippen LogP contribution in [0.4, 0.5) is 5.69 Å². The number of esters is 1. The highest BCUT2D eigenvalue weighted by Gasteiger charge is 2.42. The first-order chi connectivity index (χ1) is 12.5. The summed E-state index contributed by atoms with van der Waals surface area (Å²) in [5, 5.41) is 2.84. The Hall–Kier alpha value is -2.82. The first-order valence-electron chi connectivity index (χ1n) is 8.70. The van der Waals surface area contributed by atoms with Gasteiger partial charge in [-0.2, -0.15) is 0 Å². The third kappa shape index (κ3) is 4.04. The lowest BCUT2D eigenvalue weighted by Crippen LogP contribution is -2.26. The van der Waals surface area contributed by atoms with Gasteiger partial charge >= 0.3 is 5.97 Å². The normalized spacial score (nSPS) is 19.3. The van der Waals surface area contributed by atoms with Crippen LogP contribution in [0.1, 0.15) is 30.6 Å². The van der Waals surface area contributed by atoms with Crippen LogP contribution < -0.4 is 10.1 Å². The Bertz CT molecular complexity index is 803. The van der Waals surface area contributed by atoms with E-state index in [9.17, 15) is 9.59 Å². The largest absolute Gasteiger partial charge is 0.495 e. The minimum Gasteiger partial charge on any atom is -0.495 e. The van der Waals surface area contributed by atoms with Crippen molar-refractivity contribution in [3.63, 3.8) is 0 Å². The van der Waals surface area contributed by atoms with E-state index in [-0.39, 0.29) is 11.9 Å². The number of ether oxygens (including phenoxy) is 2. The lowest BCUT2D eigenvalue weighted by atomic mass is 10.1. The van der Waals surface area contributed by atoms with Crippen LogP contribution in [0.5, 0.6) is 5.75 Å². The number of carbonyl (C=O) groups is 2. The van der Waals surface area contributed by atoms with E-state index >= 15 is 0 Å². The minimum absolute atomic E-state index is 0.109. The summed E-state index contributed by atoms with van der Waals surface area (Å²) in [5.74, 6) is 0.0405. The third-order valence-electron chi connectivity index (χ3n) is 4.60. The summed E-state index contributed by atoms with van der Waals surface area (Å²) in [6.45, 7) is 3.93. The molecule has 0 aromatic heterocycles. The Kier molecular flexibility index (Phi) is 5.26. The fourth-order valence-corrected chi connectivity index (χ4v) is 2.87. The number of carbonyl (C=O) groups excluding carboxylic acids is 2. The molecule has 0 radical (unpaired) electrons. The average Bonchev–Trinajstić information content (AvgIpc) is 3.37. The Balaban J connectivity index is 1.83. The van der Waals surface area contributed by atoms with Gasteiger partial charge in [-0.1, -0.05) is 43.3 Å². The van der Waals surface area contributed by atoms with Gasteiger partial charge in [0, 0.05) is 5.56 Å². The van der Waals surface area contributed by atoms with Gasteiger partial charge in [-0.25, -0.2) is 0 Å². The highest BCUT2D eigenvalue weighted by Crippen LogP contribution is 2.40. The van der Waals surface area contributed by atoms with Crippen molar-refractivity contribution in [3.8, 4) is 5.75 Å². The molecule has 0 aliphatic heterocycles. The highest BCUT2D eigenvalue weighted by atomic mass is 16.5. The van der Waals surface area contributed by atoms with E-state index in [0.717, 1.165) is 12.0 Å². The number of nitrogens with one attached hydrogen (secondary N) is 1. The van der Waals surface area contributed by atoms with Gasteiger partial charge in [0.2, 0.25) is 6.10 Å². The van der Waals surface area contributed by atoms with Crippen LogP contribution in [-0.4, -0.2) is 19.0 Å². The Morgan fingerprint density at radius 2 is 1.85 bits per heavy atom. The second-order valence-electron chi connectivity index (χ2n) is 6.74. The van der Waals surface area contributed by atoms with Gasteiger partial charge in [0.1, 0.15) is 5.75 Å². The zero-order valence-electron chi connectivity index (χ0n) is 15.2. The second-order valence-corrected chi connectivity index (χ2v) is 6.74. The Morgan fingerprint density at radius 1 is 1.15 bits per heavy atom.